The minimum Gasteiger partial charge on any atom is -0.361 e. The lowest BCUT2D eigenvalue weighted by molar-refractivity contribution is 0.0198. The van der Waals surface area contributed by atoms with Crippen molar-refractivity contribution in [2.45, 2.75) is 57.2 Å². The standard InChI is InChI=1S/C18H21N5O4/c1-10-7-15(22-27-10)18(26)23-12-3-2-4-13(23)9-11(8-12)19-17(25)14-5-6-16(24)21-20-14/h5-7,11-13H,2-4,8-9H2,1H3,(H,19,25)(H,21,24)/t11?,12-,13+. The summed E-state index contributed by atoms with van der Waals surface area (Å²) in [4.78, 5) is 38.3. The molecule has 9 heteroatoms. The number of rotatable bonds is 3. The normalized spacial score (nSPS) is 24.5. The first-order valence-corrected chi connectivity index (χ1v) is 9.14. The van der Waals surface area contributed by atoms with Crippen molar-refractivity contribution in [3.05, 3.63) is 45.7 Å². The highest BCUT2D eigenvalue weighted by molar-refractivity contribution is 5.93. The summed E-state index contributed by atoms with van der Waals surface area (Å²) in [5.41, 5.74) is 0.164. The van der Waals surface area contributed by atoms with Crippen LogP contribution in [0.3, 0.4) is 0 Å². The Balaban J connectivity index is 1.46. The Morgan fingerprint density at radius 1 is 1.22 bits per heavy atom. The first-order chi connectivity index (χ1) is 13.0. The zero-order valence-electron chi connectivity index (χ0n) is 15.0. The summed E-state index contributed by atoms with van der Waals surface area (Å²) < 4.78 is 5.04. The van der Waals surface area contributed by atoms with Gasteiger partial charge in [0.1, 0.15) is 11.5 Å². The molecule has 4 heterocycles. The number of aromatic amines is 1. The maximum atomic E-state index is 12.9. The number of carbonyl (C=O) groups is 2. The number of aromatic nitrogens is 3. The molecule has 0 spiro atoms. The lowest BCUT2D eigenvalue weighted by Crippen LogP contribution is -2.58. The minimum atomic E-state index is -0.351. The molecule has 0 aromatic carbocycles. The first kappa shape index (κ1) is 17.4. The van der Waals surface area contributed by atoms with Crippen LogP contribution in [0.2, 0.25) is 0 Å². The van der Waals surface area contributed by atoms with Gasteiger partial charge in [-0.05, 0) is 45.1 Å². The summed E-state index contributed by atoms with van der Waals surface area (Å²) in [6, 6.07) is 4.43. The Kier molecular flexibility index (Phi) is 4.51. The number of piperidine rings is 2. The van der Waals surface area contributed by atoms with E-state index in [9.17, 15) is 14.4 Å². The first-order valence-electron chi connectivity index (χ1n) is 9.14. The SMILES string of the molecule is Cc1cc(C(=O)N2[C@@H]3CCC[C@H]2CC(NC(=O)c2ccc(=O)[nH]n2)C3)no1. The molecule has 2 saturated heterocycles. The lowest BCUT2D eigenvalue weighted by atomic mass is 9.81. The Labute approximate surface area is 155 Å². The quantitative estimate of drug-likeness (QED) is 0.831. The fourth-order valence-corrected chi connectivity index (χ4v) is 4.16. The van der Waals surface area contributed by atoms with Gasteiger partial charge in [-0.1, -0.05) is 5.16 Å². The van der Waals surface area contributed by atoms with Crippen LogP contribution < -0.4 is 10.9 Å². The van der Waals surface area contributed by atoms with Crippen LogP contribution in [0, 0.1) is 6.92 Å². The summed E-state index contributed by atoms with van der Waals surface area (Å²) in [5.74, 6) is 0.189. The van der Waals surface area contributed by atoms with Gasteiger partial charge in [-0.25, -0.2) is 5.10 Å². The predicted octanol–water partition coefficient (Wildman–Crippen LogP) is 1.02. The molecular weight excluding hydrogens is 350 g/mol. The lowest BCUT2D eigenvalue weighted by Gasteiger charge is -2.48. The highest BCUT2D eigenvalue weighted by atomic mass is 16.5. The molecule has 27 heavy (non-hydrogen) atoms. The van der Waals surface area contributed by atoms with E-state index < -0.39 is 0 Å². The summed E-state index contributed by atoms with van der Waals surface area (Å²) in [6.07, 6.45) is 4.26. The molecule has 0 aliphatic carbocycles. The minimum absolute atomic E-state index is 0.0374. The van der Waals surface area contributed by atoms with E-state index in [1.807, 2.05) is 4.90 Å². The van der Waals surface area contributed by atoms with Gasteiger partial charge in [0.05, 0.1) is 0 Å². The van der Waals surface area contributed by atoms with Crippen molar-refractivity contribution in [1.82, 2.24) is 25.6 Å². The van der Waals surface area contributed by atoms with Gasteiger partial charge in [0.15, 0.2) is 5.69 Å². The average molecular weight is 371 g/mol. The molecule has 3 atom stereocenters. The second-order valence-electron chi connectivity index (χ2n) is 7.22. The molecule has 2 fully saturated rings. The van der Waals surface area contributed by atoms with Gasteiger partial charge in [-0.15, -0.1) is 0 Å². The van der Waals surface area contributed by atoms with Gasteiger partial charge >= 0.3 is 0 Å². The average Bonchev–Trinajstić information content (AvgIpc) is 3.07. The Bertz CT molecular complexity index is 886. The third kappa shape index (κ3) is 3.49. The molecule has 2 aliphatic rings. The summed E-state index contributed by atoms with van der Waals surface area (Å²) in [5, 5.41) is 12.9. The van der Waals surface area contributed by atoms with Crippen molar-refractivity contribution in [1.29, 1.82) is 0 Å². The second-order valence-corrected chi connectivity index (χ2v) is 7.22. The molecular formula is C18H21N5O4. The van der Waals surface area contributed by atoms with Crippen LogP contribution in [0.15, 0.2) is 27.5 Å². The number of hydrogen-bond donors (Lipinski definition) is 2. The number of aryl methyl sites for hydroxylation is 1. The number of nitrogens with zero attached hydrogens (tertiary/aromatic N) is 3. The van der Waals surface area contributed by atoms with E-state index in [1.165, 1.54) is 12.1 Å². The fraction of sp³-hybridized carbons (Fsp3) is 0.500. The number of fused-ring (bicyclic) bond motifs is 2. The second kappa shape index (κ2) is 6.98. The molecule has 2 aromatic heterocycles. The van der Waals surface area contributed by atoms with E-state index in [0.717, 1.165) is 19.3 Å². The summed E-state index contributed by atoms with van der Waals surface area (Å²) >= 11 is 0. The van der Waals surface area contributed by atoms with Crippen molar-refractivity contribution < 1.29 is 14.1 Å². The molecule has 2 bridgehead atoms. The van der Waals surface area contributed by atoms with Crippen molar-refractivity contribution in [3.63, 3.8) is 0 Å². The van der Waals surface area contributed by atoms with Gasteiger partial charge in [-0.3, -0.25) is 14.4 Å². The van der Waals surface area contributed by atoms with Crippen LogP contribution in [0.4, 0.5) is 0 Å². The third-order valence-electron chi connectivity index (χ3n) is 5.30. The molecule has 2 aromatic rings. The molecule has 0 saturated carbocycles. The number of hydrogen-bond acceptors (Lipinski definition) is 6. The number of nitrogens with one attached hydrogen (secondary N) is 2. The molecule has 1 unspecified atom stereocenters. The molecule has 0 radical (unpaired) electrons. The van der Waals surface area contributed by atoms with E-state index in [-0.39, 0.29) is 41.2 Å². The van der Waals surface area contributed by atoms with Crippen molar-refractivity contribution in [2.75, 3.05) is 0 Å². The number of H-pyrrole nitrogens is 1. The van der Waals surface area contributed by atoms with Crippen LogP contribution in [0.1, 0.15) is 58.8 Å². The van der Waals surface area contributed by atoms with Crippen LogP contribution in [-0.2, 0) is 0 Å². The van der Waals surface area contributed by atoms with Crippen LogP contribution >= 0.6 is 0 Å². The van der Waals surface area contributed by atoms with Gasteiger partial charge in [-0.2, -0.15) is 5.10 Å². The van der Waals surface area contributed by atoms with Crippen LogP contribution in [0.25, 0.3) is 0 Å². The smallest absolute Gasteiger partial charge is 0.276 e. The molecule has 2 aliphatic heterocycles. The number of carbonyl (C=O) groups excluding carboxylic acids is 2. The zero-order chi connectivity index (χ0) is 19.0. The highest BCUT2D eigenvalue weighted by Gasteiger charge is 2.42. The Morgan fingerprint density at radius 3 is 2.56 bits per heavy atom. The van der Waals surface area contributed by atoms with E-state index >= 15 is 0 Å². The summed E-state index contributed by atoms with van der Waals surface area (Å²) in [7, 11) is 0. The topological polar surface area (TPSA) is 121 Å². The molecule has 142 valence electrons. The van der Waals surface area contributed by atoms with Gasteiger partial charge in [0.2, 0.25) is 0 Å². The maximum absolute atomic E-state index is 12.9. The zero-order valence-corrected chi connectivity index (χ0v) is 15.0. The van der Waals surface area contributed by atoms with Crippen molar-refractivity contribution in [2.24, 2.45) is 0 Å². The van der Waals surface area contributed by atoms with Gasteiger partial charge < -0.3 is 14.7 Å². The highest BCUT2D eigenvalue weighted by Crippen LogP contribution is 2.35. The molecule has 9 nitrogen and oxygen atoms in total. The fourth-order valence-electron chi connectivity index (χ4n) is 4.16. The van der Waals surface area contributed by atoms with Crippen LogP contribution in [0.5, 0.6) is 0 Å². The van der Waals surface area contributed by atoms with E-state index in [2.05, 4.69) is 20.7 Å². The van der Waals surface area contributed by atoms with Crippen LogP contribution in [-0.4, -0.2) is 50.2 Å². The van der Waals surface area contributed by atoms with Gasteiger partial charge in [0.25, 0.3) is 17.4 Å². The third-order valence-corrected chi connectivity index (χ3v) is 5.30. The van der Waals surface area contributed by atoms with Crippen molar-refractivity contribution >= 4 is 11.8 Å². The predicted molar refractivity (Wildman–Crippen MR) is 94.2 cm³/mol. The Hall–Kier alpha value is -2.97. The summed E-state index contributed by atoms with van der Waals surface area (Å²) in [6.45, 7) is 1.76. The van der Waals surface area contributed by atoms with E-state index in [0.29, 0.717) is 24.3 Å². The van der Waals surface area contributed by atoms with E-state index in [4.69, 9.17) is 4.52 Å². The Morgan fingerprint density at radius 2 is 1.96 bits per heavy atom. The molecule has 2 N–H and O–H groups in total. The molecule has 4 rings (SSSR count). The number of amides is 2. The monoisotopic (exact) mass is 371 g/mol. The van der Waals surface area contributed by atoms with E-state index in [1.54, 1.807) is 13.0 Å². The largest absolute Gasteiger partial charge is 0.361 e. The maximum Gasteiger partial charge on any atom is 0.276 e. The molecule has 2 amide bonds. The van der Waals surface area contributed by atoms with Gasteiger partial charge in [0, 0.05) is 30.3 Å². The van der Waals surface area contributed by atoms with Crippen molar-refractivity contribution in [3.8, 4) is 0 Å².